The zero-order valence-electron chi connectivity index (χ0n) is 23.6. The maximum atomic E-state index is 13.4. The molecule has 3 N–H and O–H groups in total. The summed E-state index contributed by atoms with van der Waals surface area (Å²) in [5.74, 6) is -0.906. The molecule has 0 radical (unpaired) electrons. The van der Waals surface area contributed by atoms with Crippen LogP contribution in [0.5, 0.6) is 0 Å². The summed E-state index contributed by atoms with van der Waals surface area (Å²) >= 11 is 0. The molecule has 2 fully saturated rings. The number of Topliss-reactive ketones (excluding diaryl/α,β-unsaturated/α-hetero) is 1. The first-order chi connectivity index (χ1) is 19.7. The molecule has 2 aliphatic heterocycles. The van der Waals surface area contributed by atoms with E-state index >= 15 is 0 Å². The van der Waals surface area contributed by atoms with Crippen molar-refractivity contribution in [2.45, 2.75) is 49.9 Å². The van der Waals surface area contributed by atoms with Crippen molar-refractivity contribution in [1.82, 2.24) is 25.8 Å². The normalized spacial score (nSPS) is 21.6. The number of morpholine rings is 1. The fourth-order valence-electron chi connectivity index (χ4n) is 4.83. The molecule has 3 heterocycles. The van der Waals surface area contributed by atoms with Crippen molar-refractivity contribution in [2.24, 2.45) is 0 Å². The van der Waals surface area contributed by atoms with Crippen molar-refractivity contribution in [3.63, 3.8) is 0 Å². The van der Waals surface area contributed by atoms with Crippen LogP contribution in [-0.4, -0.2) is 103 Å². The average Bonchev–Trinajstić information content (AvgIpc) is 3.74. The van der Waals surface area contributed by atoms with Gasteiger partial charge >= 0.3 is 0 Å². The number of hydrogen-bond acceptors (Lipinski definition) is 9. The number of ether oxygens (including phenoxy) is 2. The SMILES string of the molecule is CC(NC(=O)CN1CCOCC1)C(=O)NC(C=O)(CNC(Cc1ccccc1)C(=O)C1(C)CO1)Cc1ccncc1. The van der Waals surface area contributed by atoms with E-state index in [9.17, 15) is 19.2 Å². The average molecular weight is 566 g/mol. The first-order valence-corrected chi connectivity index (χ1v) is 13.9. The summed E-state index contributed by atoms with van der Waals surface area (Å²) in [4.78, 5) is 58.0. The Kier molecular flexibility index (Phi) is 10.3. The quantitative estimate of drug-likeness (QED) is 0.202. The van der Waals surface area contributed by atoms with Gasteiger partial charge in [-0.15, -0.1) is 0 Å². The van der Waals surface area contributed by atoms with Gasteiger partial charge in [-0.1, -0.05) is 30.3 Å². The molecule has 11 nitrogen and oxygen atoms in total. The molecule has 0 aliphatic carbocycles. The smallest absolute Gasteiger partial charge is 0.243 e. The van der Waals surface area contributed by atoms with Crippen LogP contribution in [0.4, 0.5) is 0 Å². The Morgan fingerprint density at radius 3 is 2.41 bits per heavy atom. The van der Waals surface area contributed by atoms with Gasteiger partial charge in [0.2, 0.25) is 11.8 Å². The highest BCUT2D eigenvalue weighted by molar-refractivity contribution is 5.94. The minimum Gasteiger partial charge on any atom is -0.379 e. The summed E-state index contributed by atoms with van der Waals surface area (Å²) in [5.41, 5.74) is -0.540. The van der Waals surface area contributed by atoms with Crippen molar-refractivity contribution >= 4 is 23.9 Å². The van der Waals surface area contributed by atoms with E-state index in [4.69, 9.17) is 9.47 Å². The number of carbonyl (C=O) groups is 4. The van der Waals surface area contributed by atoms with E-state index in [1.807, 2.05) is 35.2 Å². The second-order valence-electron chi connectivity index (χ2n) is 11.0. The van der Waals surface area contributed by atoms with Crippen LogP contribution in [0, 0.1) is 0 Å². The summed E-state index contributed by atoms with van der Waals surface area (Å²) in [6, 6.07) is 11.6. The predicted octanol–water partition coefficient (Wildman–Crippen LogP) is 0.0738. The van der Waals surface area contributed by atoms with Crippen molar-refractivity contribution in [3.05, 3.63) is 66.0 Å². The highest BCUT2D eigenvalue weighted by Gasteiger charge is 2.50. The van der Waals surface area contributed by atoms with E-state index < -0.39 is 29.1 Å². The van der Waals surface area contributed by atoms with Gasteiger partial charge in [0, 0.05) is 38.4 Å². The molecule has 41 heavy (non-hydrogen) atoms. The Bertz CT molecular complexity index is 1190. The van der Waals surface area contributed by atoms with E-state index in [0.29, 0.717) is 45.6 Å². The van der Waals surface area contributed by atoms with E-state index in [-0.39, 0.29) is 31.2 Å². The lowest BCUT2D eigenvalue weighted by molar-refractivity contribution is -0.132. The summed E-state index contributed by atoms with van der Waals surface area (Å²) < 4.78 is 10.7. The Labute approximate surface area is 240 Å². The second-order valence-corrected chi connectivity index (χ2v) is 11.0. The third-order valence-electron chi connectivity index (χ3n) is 7.47. The maximum Gasteiger partial charge on any atom is 0.243 e. The number of hydrogen-bond donors (Lipinski definition) is 3. The summed E-state index contributed by atoms with van der Waals surface area (Å²) in [6.07, 6.45) is 4.47. The zero-order chi connectivity index (χ0) is 29.3. The van der Waals surface area contributed by atoms with Crippen molar-refractivity contribution < 1.29 is 28.7 Å². The molecule has 2 aromatic rings. The van der Waals surface area contributed by atoms with E-state index in [1.165, 1.54) is 0 Å². The van der Waals surface area contributed by atoms with Gasteiger partial charge in [-0.2, -0.15) is 0 Å². The van der Waals surface area contributed by atoms with Crippen LogP contribution in [0.15, 0.2) is 54.9 Å². The molecule has 1 aromatic heterocycles. The molecule has 2 aliphatic rings. The van der Waals surface area contributed by atoms with Gasteiger partial charge in [-0.3, -0.25) is 24.3 Å². The van der Waals surface area contributed by atoms with Crippen molar-refractivity contribution in [3.8, 4) is 0 Å². The fraction of sp³-hybridized carbons (Fsp3) is 0.500. The van der Waals surface area contributed by atoms with Crippen LogP contribution in [0.2, 0.25) is 0 Å². The number of amides is 2. The molecule has 4 atom stereocenters. The molecule has 0 spiro atoms. The molecule has 1 aromatic carbocycles. The molecule has 220 valence electrons. The number of nitrogens with zero attached hydrogens (tertiary/aromatic N) is 2. The van der Waals surface area contributed by atoms with Crippen molar-refractivity contribution in [2.75, 3.05) is 46.0 Å². The van der Waals surface area contributed by atoms with Crippen LogP contribution in [0.3, 0.4) is 0 Å². The van der Waals surface area contributed by atoms with Crippen LogP contribution in [0.25, 0.3) is 0 Å². The Morgan fingerprint density at radius 2 is 1.78 bits per heavy atom. The highest BCUT2D eigenvalue weighted by atomic mass is 16.6. The van der Waals surface area contributed by atoms with Gasteiger partial charge in [0.25, 0.3) is 0 Å². The molecule has 4 unspecified atom stereocenters. The number of aromatic nitrogens is 1. The summed E-state index contributed by atoms with van der Waals surface area (Å²) in [7, 11) is 0. The maximum absolute atomic E-state index is 13.4. The van der Waals surface area contributed by atoms with E-state index in [0.717, 1.165) is 11.1 Å². The first-order valence-electron chi connectivity index (χ1n) is 13.9. The van der Waals surface area contributed by atoms with Gasteiger partial charge in [-0.05, 0) is 43.5 Å². The number of aldehydes is 1. The number of benzene rings is 1. The van der Waals surface area contributed by atoms with Crippen LogP contribution < -0.4 is 16.0 Å². The lowest BCUT2D eigenvalue weighted by Crippen LogP contribution is -2.63. The van der Waals surface area contributed by atoms with Crippen LogP contribution >= 0.6 is 0 Å². The minimum atomic E-state index is -1.40. The molecular weight excluding hydrogens is 526 g/mol. The van der Waals surface area contributed by atoms with Gasteiger partial charge < -0.3 is 30.2 Å². The zero-order valence-corrected chi connectivity index (χ0v) is 23.6. The molecule has 2 saturated heterocycles. The first kappa shape index (κ1) is 30.4. The number of ketones is 1. The second kappa shape index (κ2) is 13.9. The number of rotatable bonds is 15. The summed E-state index contributed by atoms with van der Waals surface area (Å²) in [5, 5.41) is 8.87. The van der Waals surface area contributed by atoms with Gasteiger partial charge in [0.05, 0.1) is 32.4 Å². The molecule has 2 amide bonds. The monoisotopic (exact) mass is 565 g/mol. The molecular formula is C30H39N5O6. The van der Waals surface area contributed by atoms with Gasteiger partial charge in [0.15, 0.2) is 5.78 Å². The Morgan fingerprint density at radius 1 is 1.10 bits per heavy atom. The van der Waals surface area contributed by atoms with Gasteiger partial charge in [-0.25, -0.2) is 0 Å². The number of nitrogens with one attached hydrogen (secondary N) is 3. The molecule has 4 rings (SSSR count). The van der Waals surface area contributed by atoms with Crippen LogP contribution in [0.1, 0.15) is 25.0 Å². The number of pyridine rings is 1. The van der Waals surface area contributed by atoms with Gasteiger partial charge in [0.1, 0.15) is 23.5 Å². The summed E-state index contributed by atoms with van der Waals surface area (Å²) in [6.45, 7) is 6.23. The Balaban J connectivity index is 1.48. The Hall–Kier alpha value is -3.51. The standard InChI is InChI=1S/C30H39N5O6/c1-22(33-26(37)18-35-12-14-40-15-13-35)28(39)34-30(20-36,17-24-8-10-31-11-9-24)19-32-25(27(38)29(2)21-41-29)16-23-6-4-3-5-7-23/h3-11,20,22,25,32H,12-19,21H2,1-2H3,(H,33,37)(H,34,39). The van der Waals surface area contributed by atoms with E-state index in [1.54, 1.807) is 38.4 Å². The number of carbonyl (C=O) groups excluding carboxylic acids is 4. The van der Waals surface area contributed by atoms with Crippen LogP contribution in [-0.2, 0) is 41.5 Å². The topological polar surface area (TPSA) is 142 Å². The largest absolute Gasteiger partial charge is 0.379 e. The third kappa shape index (κ3) is 8.74. The van der Waals surface area contributed by atoms with Crippen molar-refractivity contribution in [1.29, 1.82) is 0 Å². The molecule has 0 bridgehead atoms. The minimum absolute atomic E-state index is 0.0155. The molecule has 11 heteroatoms. The van der Waals surface area contributed by atoms with E-state index in [2.05, 4.69) is 20.9 Å². The lowest BCUT2D eigenvalue weighted by atomic mass is 9.89. The highest BCUT2D eigenvalue weighted by Crippen LogP contribution is 2.29. The third-order valence-corrected chi connectivity index (χ3v) is 7.47. The predicted molar refractivity (Wildman–Crippen MR) is 151 cm³/mol. The molecule has 0 saturated carbocycles. The fourth-order valence-corrected chi connectivity index (χ4v) is 4.83. The lowest BCUT2D eigenvalue weighted by Gasteiger charge is -2.33. The number of epoxide rings is 1.